The molecule has 0 N–H and O–H groups in total. The van der Waals surface area contributed by atoms with E-state index < -0.39 is 133 Å². The zero-order chi connectivity index (χ0) is 69.3. The van der Waals surface area contributed by atoms with Crippen molar-refractivity contribution in [2.24, 2.45) is 0 Å². The van der Waals surface area contributed by atoms with Crippen LogP contribution in [0, 0.1) is 0 Å². The van der Waals surface area contributed by atoms with Gasteiger partial charge in [-0.05, 0) is 68.8 Å². The van der Waals surface area contributed by atoms with Crippen LogP contribution in [0.15, 0.2) is 303 Å². The van der Waals surface area contributed by atoms with Gasteiger partial charge in [-0.1, -0.05) is 279 Å². The Morgan fingerprint density at radius 1 is 0.210 bits per heavy atom. The minimum Gasteiger partial charge on any atom is -0.452 e. The van der Waals surface area contributed by atoms with Crippen molar-refractivity contribution in [3.8, 4) is 0 Å². The SMILES string of the molecule is O=C(O[C@@H]1[C@@H](OC(=O)c2ccccc2)[C@H](OP(=O)(OCc2ccccc2)OCc2ccccc2)[C@@H](OP(=O)(OCc2ccccc2)OCc2ccccc2)[C@H](OP(=O)(OCc2ccccc2)OCc2ccccc2)[C@@H]1OP(=O)(OCc1ccccc1)OCc1ccccc1)c1ccccc1. The lowest BCUT2D eigenvalue weighted by atomic mass is 9.84. The van der Waals surface area contributed by atoms with Crippen molar-refractivity contribution in [3.63, 3.8) is 0 Å². The maximum absolute atomic E-state index is 16.6. The average molecular weight is 1430 g/mol. The summed E-state index contributed by atoms with van der Waals surface area (Å²) in [5, 5.41) is 0. The molecule has 1 aliphatic rings. The summed E-state index contributed by atoms with van der Waals surface area (Å²) < 4.78 is 158. The Bertz CT molecular complexity index is 3850. The van der Waals surface area contributed by atoms with Crippen LogP contribution in [0.4, 0.5) is 0 Å². The third-order valence-corrected chi connectivity index (χ3v) is 20.9. The van der Waals surface area contributed by atoms with Gasteiger partial charge in [0, 0.05) is 0 Å². The van der Waals surface area contributed by atoms with Gasteiger partial charge in [0.1, 0.15) is 24.4 Å². The summed E-state index contributed by atoms with van der Waals surface area (Å²) in [6.45, 7) is -3.77. The van der Waals surface area contributed by atoms with Gasteiger partial charge in [-0.25, -0.2) is 27.8 Å². The van der Waals surface area contributed by atoms with Gasteiger partial charge in [0.15, 0.2) is 12.2 Å². The molecule has 0 unspecified atom stereocenters. The number of carbonyl (C=O) groups is 2. The molecule has 0 amide bonds. The van der Waals surface area contributed by atoms with E-state index in [1.165, 1.54) is 24.3 Å². The summed E-state index contributed by atoms with van der Waals surface area (Å²) in [4.78, 5) is 30.7. The zero-order valence-electron chi connectivity index (χ0n) is 53.9. The van der Waals surface area contributed by atoms with E-state index in [0.29, 0.717) is 44.5 Å². The smallest absolute Gasteiger partial charge is 0.452 e. The van der Waals surface area contributed by atoms with Gasteiger partial charge >= 0.3 is 43.2 Å². The fourth-order valence-electron chi connectivity index (χ4n) is 10.2. The van der Waals surface area contributed by atoms with Crippen LogP contribution < -0.4 is 0 Å². The molecule has 0 aromatic heterocycles. The Labute approximate surface area is 580 Å². The predicted molar refractivity (Wildman–Crippen MR) is 371 cm³/mol. The zero-order valence-corrected chi connectivity index (χ0v) is 57.5. The molecule has 0 saturated heterocycles. The molecule has 0 heterocycles. The first-order chi connectivity index (χ1) is 48.8. The van der Waals surface area contributed by atoms with E-state index in [-0.39, 0.29) is 11.1 Å². The first-order valence-corrected chi connectivity index (χ1v) is 37.7. The number of esters is 2. The average Bonchev–Trinajstić information content (AvgIpc) is 0.738. The number of rotatable bonds is 36. The lowest BCUT2D eigenvalue weighted by Gasteiger charge is -2.49. The fourth-order valence-corrected chi connectivity index (χ4v) is 15.6. The van der Waals surface area contributed by atoms with E-state index in [1.807, 2.05) is 0 Å². The molecule has 10 aromatic carbocycles. The van der Waals surface area contributed by atoms with E-state index in [1.54, 1.807) is 279 Å². The van der Waals surface area contributed by atoms with Gasteiger partial charge in [0.25, 0.3) is 0 Å². The second kappa shape index (κ2) is 36.3. The van der Waals surface area contributed by atoms with Gasteiger partial charge in [0.05, 0.1) is 64.0 Å². The van der Waals surface area contributed by atoms with Crippen LogP contribution in [-0.4, -0.2) is 48.6 Å². The monoisotopic (exact) mass is 1430 g/mol. The van der Waals surface area contributed by atoms with Crippen molar-refractivity contribution in [1.29, 1.82) is 0 Å². The molecule has 1 saturated carbocycles. The van der Waals surface area contributed by atoms with Crippen LogP contribution in [0.1, 0.15) is 65.2 Å². The summed E-state index contributed by atoms with van der Waals surface area (Å²) in [7, 11) is -21.6. The molecule has 20 nitrogen and oxygen atoms in total. The van der Waals surface area contributed by atoms with Crippen LogP contribution in [0.3, 0.4) is 0 Å². The minimum atomic E-state index is -5.41. The van der Waals surface area contributed by atoms with Crippen molar-refractivity contribution in [3.05, 3.63) is 359 Å². The molecule has 516 valence electrons. The lowest BCUT2D eigenvalue weighted by molar-refractivity contribution is -0.214. The molecular formula is C76H72O20P4. The third kappa shape index (κ3) is 21.8. The summed E-state index contributed by atoms with van der Waals surface area (Å²) in [6.07, 6.45) is -14.4. The highest BCUT2D eigenvalue weighted by molar-refractivity contribution is 7.49. The summed E-state index contributed by atoms with van der Waals surface area (Å²) in [5.74, 6) is -2.28. The Morgan fingerprint density at radius 2 is 0.350 bits per heavy atom. The molecule has 0 bridgehead atoms. The van der Waals surface area contributed by atoms with Crippen molar-refractivity contribution in [1.82, 2.24) is 0 Å². The second-order valence-electron chi connectivity index (χ2n) is 22.6. The maximum atomic E-state index is 16.6. The van der Waals surface area contributed by atoms with Gasteiger partial charge in [-0.3, -0.25) is 54.3 Å². The quantitative estimate of drug-likeness (QED) is 0.0262. The van der Waals surface area contributed by atoms with Gasteiger partial charge in [-0.2, -0.15) is 0 Å². The van der Waals surface area contributed by atoms with Gasteiger partial charge in [0.2, 0.25) is 0 Å². The molecule has 0 aliphatic heterocycles. The second-order valence-corrected chi connectivity index (χ2v) is 29.1. The van der Waals surface area contributed by atoms with Crippen molar-refractivity contribution in [2.45, 2.75) is 89.5 Å². The number of hydrogen-bond acceptors (Lipinski definition) is 20. The number of carbonyl (C=O) groups excluding carboxylic acids is 2. The Kier molecular flexibility index (Phi) is 26.4. The molecule has 1 fully saturated rings. The molecule has 11 rings (SSSR count). The molecule has 10 aromatic rings. The molecule has 0 radical (unpaired) electrons. The predicted octanol–water partition coefficient (Wildman–Crippen LogP) is 18.2. The number of phosphoric acid groups is 4. The first kappa shape index (κ1) is 72.8. The van der Waals surface area contributed by atoms with Gasteiger partial charge < -0.3 is 9.47 Å². The van der Waals surface area contributed by atoms with Crippen molar-refractivity contribution in [2.75, 3.05) is 0 Å². The maximum Gasteiger partial charge on any atom is 0.475 e. The van der Waals surface area contributed by atoms with Crippen LogP contribution in [0.25, 0.3) is 0 Å². The van der Waals surface area contributed by atoms with Crippen LogP contribution in [-0.2, 0) is 135 Å². The third-order valence-electron chi connectivity index (χ3n) is 15.3. The highest BCUT2D eigenvalue weighted by atomic mass is 31.2. The normalized spacial score (nSPS) is 17.2. The van der Waals surface area contributed by atoms with E-state index in [0.717, 1.165) is 0 Å². The number of hydrogen-bond donors (Lipinski definition) is 0. The van der Waals surface area contributed by atoms with Crippen molar-refractivity contribution >= 4 is 43.2 Å². The van der Waals surface area contributed by atoms with Crippen LogP contribution in [0.5, 0.6) is 0 Å². The van der Waals surface area contributed by atoms with Crippen LogP contribution >= 0.6 is 31.3 Å². The summed E-state index contributed by atoms with van der Waals surface area (Å²) in [6, 6.07) is 83.8. The van der Waals surface area contributed by atoms with E-state index >= 15 is 27.8 Å². The summed E-state index contributed by atoms with van der Waals surface area (Å²) >= 11 is 0. The van der Waals surface area contributed by atoms with Gasteiger partial charge in [-0.15, -0.1) is 0 Å². The molecule has 1 aliphatic carbocycles. The molecule has 100 heavy (non-hydrogen) atoms. The fraction of sp³-hybridized carbons (Fsp3) is 0.184. The Balaban J connectivity index is 1.18. The topological polar surface area (TPSA) is 232 Å². The minimum absolute atomic E-state index is 0.0919. The standard InChI is InChI=1S/C76H72O20P4/c77-75(67-47-27-9-28-48-67)91-69-70(92-76(78)68-49-29-10-30-50-68)72(94-98(80,85-53-61-35-15-3-16-36-61)86-54-62-37-17-4-18-38-62)74(96-100(82,89-57-65-43-23-7-24-44-65)90-58-66-45-25-8-26-46-66)73(95-99(81,87-55-63-39-19-5-20-40-63)88-56-64-41-21-6-22-42-64)71(69)93-97(79,83-51-59-31-11-1-12-32-59)84-52-60-33-13-2-14-34-60/h1-50,69-74H,51-58H2/t69-,70-,71-,72+,73-,74-/m1/s1. The highest BCUT2D eigenvalue weighted by Gasteiger charge is 2.64. The Hall–Kier alpha value is -8.42. The number of ether oxygens (including phenoxy) is 2. The molecule has 24 heteroatoms. The van der Waals surface area contributed by atoms with Crippen LogP contribution in [0.2, 0.25) is 0 Å². The van der Waals surface area contributed by atoms with E-state index in [4.69, 9.17) is 63.8 Å². The molecule has 0 spiro atoms. The van der Waals surface area contributed by atoms with E-state index in [9.17, 15) is 0 Å². The summed E-state index contributed by atoms with van der Waals surface area (Å²) in [5.41, 5.74) is 3.60. The van der Waals surface area contributed by atoms with E-state index in [2.05, 4.69) is 0 Å². The molecular weight excluding hydrogens is 1360 g/mol. The molecule has 6 atom stereocenters. The largest absolute Gasteiger partial charge is 0.475 e. The Morgan fingerprint density at radius 3 is 0.510 bits per heavy atom. The lowest BCUT2D eigenvalue weighted by Crippen LogP contribution is -2.67. The highest BCUT2D eigenvalue weighted by Crippen LogP contribution is 2.63. The first-order valence-electron chi connectivity index (χ1n) is 31.9. The van der Waals surface area contributed by atoms with Crippen molar-refractivity contribution < 1.29 is 91.6 Å². The number of benzene rings is 10. The number of phosphoric ester groups is 4.